The van der Waals surface area contributed by atoms with Crippen molar-refractivity contribution in [1.29, 1.82) is 0 Å². The largest absolute Gasteiger partial charge is 0.477 e. The second-order valence-electron chi connectivity index (χ2n) is 2.72. The standard InChI is InChI=1S/C9H6ClNO2.ClH/c10-6-1-2-7-5(3-6)4-8(11-7)9(12)13;/h1-4,11H,(H,12,13);1H. The summed E-state index contributed by atoms with van der Waals surface area (Å²) in [6.45, 7) is 0. The van der Waals surface area contributed by atoms with Gasteiger partial charge in [0.15, 0.2) is 0 Å². The van der Waals surface area contributed by atoms with E-state index in [1.54, 1.807) is 24.3 Å². The van der Waals surface area contributed by atoms with E-state index in [0.29, 0.717) is 5.02 Å². The van der Waals surface area contributed by atoms with Crippen molar-refractivity contribution in [3.05, 3.63) is 35.0 Å². The van der Waals surface area contributed by atoms with Crippen LogP contribution >= 0.6 is 24.0 Å². The Kier molecular flexibility index (Phi) is 3.03. The van der Waals surface area contributed by atoms with Crippen molar-refractivity contribution in [3.8, 4) is 0 Å². The highest BCUT2D eigenvalue weighted by atomic mass is 35.5. The maximum atomic E-state index is 10.6. The van der Waals surface area contributed by atoms with Gasteiger partial charge in [-0.2, -0.15) is 0 Å². The predicted molar refractivity (Wildman–Crippen MR) is 57.5 cm³/mol. The molecule has 1 heterocycles. The normalized spacial score (nSPS) is 9.79. The number of H-pyrrole nitrogens is 1. The number of hydrogen-bond acceptors (Lipinski definition) is 1. The smallest absolute Gasteiger partial charge is 0.352 e. The highest BCUT2D eigenvalue weighted by molar-refractivity contribution is 6.31. The van der Waals surface area contributed by atoms with Gasteiger partial charge in [0.05, 0.1) is 0 Å². The van der Waals surface area contributed by atoms with Gasteiger partial charge in [-0.05, 0) is 24.3 Å². The van der Waals surface area contributed by atoms with Crippen LogP contribution in [-0.2, 0) is 0 Å². The average Bonchev–Trinajstić information content (AvgIpc) is 2.46. The molecule has 0 unspecified atom stereocenters. The Balaban J connectivity index is 0.000000980. The molecule has 0 saturated heterocycles. The third-order valence-electron chi connectivity index (χ3n) is 1.81. The Hall–Kier alpha value is -1.19. The second kappa shape index (κ2) is 3.90. The molecule has 0 bridgehead atoms. The summed E-state index contributed by atoms with van der Waals surface area (Å²) in [7, 11) is 0. The fourth-order valence-electron chi connectivity index (χ4n) is 1.22. The molecular weight excluding hydrogens is 225 g/mol. The van der Waals surface area contributed by atoms with Gasteiger partial charge < -0.3 is 10.1 Å². The average molecular weight is 232 g/mol. The van der Waals surface area contributed by atoms with Gasteiger partial charge in [-0.1, -0.05) is 11.6 Å². The van der Waals surface area contributed by atoms with E-state index in [-0.39, 0.29) is 18.1 Å². The minimum absolute atomic E-state index is 0. The number of hydrogen-bond donors (Lipinski definition) is 2. The van der Waals surface area contributed by atoms with Crippen molar-refractivity contribution in [3.63, 3.8) is 0 Å². The molecule has 1 aromatic carbocycles. The Morgan fingerprint density at radius 1 is 1.36 bits per heavy atom. The van der Waals surface area contributed by atoms with Crippen LogP contribution in [0.3, 0.4) is 0 Å². The number of carboxylic acid groups (broad SMARTS) is 1. The van der Waals surface area contributed by atoms with Crippen LogP contribution in [0, 0.1) is 0 Å². The van der Waals surface area contributed by atoms with E-state index in [1.807, 2.05) is 0 Å². The van der Waals surface area contributed by atoms with Crippen LogP contribution in [0.5, 0.6) is 0 Å². The predicted octanol–water partition coefficient (Wildman–Crippen LogP) is 2.94. The topological polar surface area (TPSA) is 53.1 Å². The number of carbonyl (C=O) groups is 1. The summed E-state index contributed by atoms with van der Waals surface area (Å²) in [6.07, 6.45) is 0. The summed E-state index contributed by atoms with van der Waals surface area (Å²) in [5.74, 6) is -0.965. The van der Waals surface area contributed by atoms with E-state index in [2.05, 4.69) is 4.98 Å². The molecule has 2 rings (SSSR count). The van der Waals surface area contributed by atoms with E-state index >= 15 is 0 Å². The molecule has 2 aromatic rings. The molecule has 0 aliphatic heterocycles. The summed E-state index contributed by atoms with van der Waals surface area (Å²) in [6, 6.07) is 6.75. The molecule has 0 amide bonds. The number of fused-ring (bicyclic) bond motifs is 1. The van der Waals surface area contributed by atoms with Gasteiger partial charge >= 0.3 is 5.97 Å². The Bertz CT molecular complexity index is 479. The van der Waals surface area contributed by atoms with E-state index in [4.69, 9.17) is 16.7 Å². The van der Waals surface area contributed by atoms with Crippen LogP contribution in [0.1, 0.15) is 10.5 Å². The van der Waals surface area contributed by atoms with Crippen LogP contribution in [-0.4, -0.2) is 16.1 Å². The third-order valence-corrected chi connectivity index (χ3v) is 2.05. The van der Waals surface area contributed by atoms with Gasteiger partial charge in [-0.15, -0.1) is 12.4 Å². The van der Waals surface area contributed by atoms with Gasteiger partial charge in [0.25, 0.3) is 0 Å². The SMILES string of the molecule is Cl.O=C(O)c1cc2cc(Cl)ccc2[nH]1. The lowest BCUT2D eigenvalue weighted by Gasteiger charge is -1.88. The van der Waals surface area contributed by atoms with E-state index in [0.717, 1.165) is 10.9 Å². The number of aromatic nitrogens is 1. The number of rotatable bonds is 1. The van der Waals surface area contributed by atoms with Crippen LogP contribution in [0.25, 0.3) is 10.9 Å². The lowest BCUT2D eigenvalue weighted by molar-refractivity contribution is 0.0691. The van der Waals surface area contributed by atoms with Gasteiger partial charge in [-0.3, -0.25) is 0 Å². The molecule has 2 N–H and O–H groups in total. The number of benzene rings is 1. The highest BCUT2D eigenvalue weighted by Crippen LogP contribution is 2.19. The minimum atomic E-state index is -0.965. The van der Waals surface area contributed by atoms with Gasteiger partial charge in [-0.25, -0.2) is 4.79 Å². The molecule has 14 heavy (non-hydrogen) atoms. The summed E-state index contributed by atoms with van der Waals surface area (Å²) >= 11 is 5.75. The number of nitrogens with one attached hydrogen (secondary N) is 1. The molecule has 0 atom stereocenters. The van der Waals surface area contributed by atoms with Gasteiger partial charge in [0.1, 0.15) is 5.69 Å². The van der Waals surface area contributed by atoms with E-state index in [9.17, 15) is 4.79 Å². The van der Waals surface area contributed by atoms with Gasteiger partial charge in [0.2, 0.25) is 0 Å². The fourth-order valence-corrected chi connectivity index (χ4v) is 1.40. The number of carboxylic acids is 1. The number of aromatic amines is 1. The first-order valence-corrected chi connectivity index (χ1v) is 4.06. The second-order valence-corrected chi connectivity index (χ2v) is 3.16. The quantitative estimate of drug-likeness (QED) is 0.794. The first-order valence-electron chi connectivity index (χ1n) is 3.68. The van der Waals surface area contributed by atoms with Crippen molar-refractivity contribution in [2.45, 2.75) is 0 Å². The third kappa shape index (κ3) is 1.84. The molecule has 0 spiro atoms. The van der Waals surface area contributed by atoms with Crippen molar-refractivity contribution in [2.24, 2.45) is 0 Å². The lowest BCUT2D eigenvalue weighted by Crippen LogP contribution is -1.94. The first-order chi connectivity index (χ1) is 6.16. The summed E-state index contributed by atoms with van der Waals surface area (Å²) in [5.41, 5.74) is 0.957. The monoisotopic (exact) mass is 231 g/mol. The van der Waals surface area contributed by atoms with E-state index in [1.165, 1.54) is 0 Å². The van der Waals surface area contributed by atoms with E-state index < -0.39 is 5.97 Å². The summed E-state index contributed by atoms with van der Waals surface area (Å²) in [5, 5.41) is 10.1. The molecule has 0 aliphatic carbocycles. The van der Waals surface area contributed by atoms with Crippen LogP contribution < -0.4 is 0 Å². The number of halogens is 2. The van der Waals surface area contributed by atoms with Crippen molar-refractivity contribution < 1.29 is 9.90 Å². The number of aromatic carboxylic acids is 1. The maximum Gasteiger partial charge on any atom is 0.352 e. The van der Waals surface area contributed by atoms with Crippen molar-refractivity contribution >= 4 is 40.9 Å². The molecule has 3 nitrogen and oxygen atoms in total. The minimum Gasteiger partial charge on any atom is -0.477 e. The first kappa shape index (κ1) is 10.9. The molecule has 0 saturated carbocycles. The summed E-state index contributed by atoms with van der Waals surface area (Å²) in [4.78, 5) is 13.4. The van der Waals surface area contributed by atoms with Gasteiger partial charge in [0, 0.05) is 15.9 Å². The van der Waals surface area contributed by atoms with Crippen LogP contribution in [0.2, 0.25) is 5.02 Å². The molecule has 5 heteroatoms. The molecule has 74 valence electrons. The van der Waals surface area contributed by atoms with Crippen LogP contribution in [0.4, 0.5) is 0 Å². The molecular formula is C9H7Cl2NO2. The van der Waals surface area contributed by atoms with Crippen LogP contribution in [0.15, 0.2) is 24.3 Å². The van der Waals surface area contributed by atoms with Crippen molar-refractivity contribution in [1.82, 2.24) is 4.98 Å². The lowest BCUT2D eigenvalue weighted by atomic mass is 10.2. The Labute approximate surface area is 91.1 Å². The zero-order valence-electron chi connectivity index (χ0n) is 6.95. The molecule has 0 fully saturated rings. The molecule has 0 aliphatic rings. The summed E-state index contributed by atoms with van der Waals surface area (Å²) < 4.78 is 0. The van der Waals surface area contributed by atoms with Crippen molar-refractivity contribution in [2.75, 3.05) is 0 Å². The fraction of sp³-hybridized carbons (Fsp3) is 0. The molecule has 0 radical (unpaired) electrons. The zero-order chi connectivity index (χ0) is 9.42. The maximum absolute atomic E-state index is 10.6. The Morgan fingerprint density at radius 3 is 2.71 bits per heavy atom. The molecule has 1 aromatic heterocycles. The highest BCUT2D eigenvalue weighted by Gasteiger charge is 2.06. The zero-order valence-corrected chi connectivity index (χ0v) is 8.52. The Morgan fingerprint density at radius 2 is 2.07 bits per heavy atom.